The molecule has 0 radical (unpaired) electrons. The minimum atomic E-state index is -0.804. The number of rotatable bonds is 10. The van der Waals surface area contributed by atoms with Crippen LogP contribution >= 0.6 is 0 Å². The lowest BCUT2D eigenvalue weighted by molar-refractivity contribution is -0.130. The zero-order valence-electron chi connectivity index (χ0n) is 25.2. The van der Waals surface area contributed by atoms with E-state index in [0.717, 1.165) is 54.1 Å². The van der Waals surface area contributed by atoms with Gasteiger partial charge in [-0.2, -0.15) is 0 Å². The molecule has 0 saturated heterocycles. The van der Waals surface area contributed by atoms with Crippen LogP contribution in [0.5, 0.6) is 0 Å². The van der Waals surface area contributed by atoms with Gasteiger partial charge in [0.2, 0.25) is 11.8 Å². The van der Waals surface area contributed by atoms with E-state index in [-0.39, 0.29) is 29.3 Å². The van der Waals surface area contributed by atoms with Crippen molar-refractivity contribution in [1.82, 2.24) is 15.1 Å². The second-order valence-electron chi connectivity index (χ2n) is 12.0. The minimum absolute atomic E-state index is 0.0303. The van der Waals surface area contributed by atoms with Crippen LogP contribution in [0, 0.1) is 17.2 Å². The molecule has 0 unspecified atom stereocenters. The van der Waals surface area contributed by atoms with Gasteiger partial charge in [0.15, 0.2) is 0 Å². The van der Waals surface area contributed by atoms with Crippen LogP contribution < -0.4 is 27.7 Å². The van der Waals surface area contributed by atoms with Crippen molar-refractivity contribution in [1.29, 1.82) is 5.41 Å². The van der Waals surface area contributed by atoms with Gasteiger partial charge >= 0.3 is 0 Å². The molecule has 4 aromatic rings. The smallest absolute Gasteiger partial charge is 0.274 e. The number of carbonyl (C=O) groups is 2. The number of nitrogens with one attached hydrogen (secondary N) is 4. The lowest BCUT2D eigenvalue weighted by Gasteiger charge is -2.28. The maximum Gasteiger partial charge on any atom is 0.274 e. The number of benzene rings is 3. The van der Waals surface area contributed by atoms with E-state index in [1.54, 1.807) is 22.9 Å². The number of nitrogens with zero attached hydrogens (tertiary/aromatic N) is 1. The van der Waals surface area contributed by atoms with Gasteiger partial charge in [0, 0.05) is 41.5 Å². The fourth-order valence-corrected chi connectivity index (χ4v) is 5.92. The van der Waals surface area contributed by atoms with E-state index in [9.17, 15) is 14.4 Å². The molecule has 44 heavy (non-hydrogen) atoms. The monoisotopic (exact) mass is 595 g/mol. The van der Waals surface area contributed by atoms with Gasteiger partial charge in [-0.1, -0.05) is 30.3 Å². The van der Waals surface area contributed by atoms with Gasteiger partial charge < -0.3 is 27.5 Å². The van der Waals surface area contributed by atoms with Crippen LogP contribution in [0.3, 0.4) is 0 Å². The lowest BCUT2D eigenvalue weighted by Crippen LogP contribution is -2.48. The quantitative estimate of drug-likeness (QED) is 0.116. The summed E-state index contributed by atoms with van der Waals surface area (Å²) in [6.07, 6.45) is 4.80. The highest BCUT2D eigenvalue weighted by Crippen LogP contribution is 2.29. The van der Waals surface area contributed by atoms with Gasteiger partial charge in [-0.3, -0.25) is 19.5 Å². The van der Waals surface area contributed by atoms with Crippen molar-refractivity contribution in [2.75, 3.05) is 17.6 Å². The summed E-state index contributed by atoms with van der Waals surface area (Å²) >= 11 is 0. The van der Waals surface area contributed by atoms with Crippen molar-refractivity contribution in [3.05, 3.63) is 82.1 Å². The molecule has 230 valence electrons. The number of nitrogens with two attached hydrogens (primary N) is 2. The van der Waals surface area contributed by atoms with E-state index in [4.69, 9.17) is 16.9 Å². The molecule has 8 N–H and O–H groups in total. The molecular weight excluding hydrogens is 554 g/mol. The molecule has 3 aromatic carbocycles. The van der Waals surface area contributed by atoms with Crippen molar-refractivity contribution in [2.24, 2.45) is 17.6 Å². The summed E-state index contributed by atoms with van der Waals surface area (Å²) in [5.41, 5.74) is 16.9. The summed E-state index contributed by atoms with van der Waals surface area (Å²) in [6.45, 7) is 4.55. The van der Waals surface area contributed by atoms with Crippen LogP contribution in [0.2, 0.25) is 0 Å². The van der Waals surface area contributed by atoms with Crippen molar-refractivity contribution in [3.63, 3.8) is 0 Å². The highest BCUT2D eigenvalue weighted by atomic mass is 16.2. The Morgan fingerprint density at radius 1 is 1.02 bits per heavy atom. The predicted octanol–water partition coefficient (Wildman–Crippen LogP) is 4.59. The number of fused-ring (bicyclic) bond motifs is 1. The number of aromatic amines is 1. The molecule has 10 nitrogen and oxygen atoms in total. The van der Waals surface area contributed by atoms with Gasteiger partial charge in [0.05, 0.1) is 10.9 Å². The summed E-state index contributed by atoms with van der Waals surface area (Å²) in [6, 6.07) is 17.8. The van der Waals surface area contributed by atoms with Crippen molar-refractivity contribution < 1.29 is 9.59 Å². The summed E-state index contributed by atoms with van der Waals surface area (Å²) in [5.74, 6) is -0.164. The fraction of sp³-hybridized carbons (Fsp3) is 0.353. The number of anilines is 2. The second kappa shape index (κ2) is 13.3. The molecule has 2 amide bonds. The lowest BCUT2D eigenvalue weighted by atomic mass is 9.81. The largest absolute Gasteiger partial charge is 0.398 e. The zero-order valence-corrected chi connectivity index (χ0v) is 25.2. The van der Waals surface area contributed by atoms with Crippen LogP contribution in [-0.4, -0.2) is 40.4 Å². The standard InChI is InChI=1S/C34H41N7O3/c1-20(2)41-34(44)28-14-12-25(16-30(28)40-41)23-7-3-21(4-8-23)15-31(39-32(42)24-9-5-22(18-35)6-10-24)33(43)38-27-13-11-26(19-36)29(37)17-27/h3-4,7-8,11-14,16-17,19-20,22,24,31,36,40H,5-6,9-10,15,18,35,37H2,1-2H3,(H,38,43)(H,39,42)/t22?,24?,31-/m0/s1. The fourth-order valence-electron chi connectivity index (χ4n) is 5.92. The molecule has 0 aliphatic heterocycles. The van der Waals surface area contributed by atoms with E-state index in [1.165, 1.54) is 0 Å². The number of H-pyrrole nitrogens is 1. The Hall–Kier alpha value is -4.70. The third-order valence-corrected chi connectivity index (χ3v) is 8.65. The molecule has 1 heterocycles. The average molecular weight is 596 g/mol. The van der Waals surface area contributed by atoms with Crippen LogP contribution in [0.25, 0.3) is 22.0 Å². The van der Waals surface area contributed by atoms with Gasteiger partial charge in [0.1, 0.15) is 6.04 Å². The zero-order chi connectivity index (χ0) is 31.4. The third kappa shape index (κ3) is 6.75. The van der Waals surface area contributed by atoms with Crippen LogP contribution in [-0.2, 0) is 16.0 Å². The molecule has 0 spiro atoms. The van der Waals surface area contributed by atoms with E-state index in [2.05, 4.69) is 15.7 Å². The normalized spacial score (nSPS) is 17.4. The van der Waals surface area contributed by atoms with Crippen LogP contribution in [0.1, 0.15) is 56.7 Å². The Morgan fingerprint density at radius 2 is 1.73 bits per heavy atom. The van der Waals surface area contributed by atoms with Crippen LogP contribution in [0.15, 0.2) is 65.5 Å². The van der Waals surface area contributed by atoms with Gasteiger partial charge in [0.25, 0.3) is 5.56 Å². The average Bonchev–Trinajstić information content (AvgIpc) is 3.37. The number of hydrogen-bond acceptors (Lipinski definition) is 6. The van der Waals surface area contributed by atoms with E-state index >= 15 is 0 Å². The molecule has 5 rings (SSSR count). The maximum atomic E-state index is 13.5. The maximum absolute atomic E-state index is 13.5. The molecule has 1 saturated carbocycles. The van der Waals surface area contributed by atoms with Crippen molar-refractivity contribution >= 4 is 40.3 Å². The summed E-state index contributed by atoms with van der Waals surface area (Å²) in [5, 5.41) is 17.2. The molecule has 0 bridgehead atoms. The SMILES string of the molecule is CC(C)n1[nH]c2cc(-c3ccc(C[C@H](NC(=O)C4CCC(CN)CC4)C(=O)Nc4ccc(C=N)c(N)c4)cc3)ccc2c1=O. The number of hydrogen-bond donors (Lipinski definition) is 6. The van der Waals surface area contributed by atoms with E-state index < -0.39 is 6.04 Å². The highest BCUT2D eigenvalue weighted by molar-refractivity contribution is 5.98. The van der Waals surface area contributed by atoms with Crippen molar-refractivity contribution in [2.45, 2.75) is 58.0 Å². The van der Waals surface area contributed by atoms with Gasteiger partial charge in [-0.05, 0) is 99.0 Å². The van der Waals surface area contributed by atoms with Crippen LogP contribution in [0.4, 0.5) is 11.4 Å². The Bertz CT molecular complexity index is 1710. The number of carbonyl (C=O) groups excluding carboxylic acids is 2. The number of nitrogen functional groups attached to an aromatic ring is 1. The van der Waals surface area contributed by atoms with Gasteiger partial charge in [-0.25, -0.2) is 4.68 Å². The molecule has 1 aromatic heterocycles. The Labute approximate surface area is 256 Å². The third-order valence-electron chi connectivity index (χ3n) is 8.65. The first-order valence-corrected chi connectivity index (χ1v) is 15.2. The first-order chi connectivity index (χ1) is 21.2. The topological polar surface area (TPSA) is 172 Å². The first-order valence-electron chi connectivity index (χ1n) is 15.2. The first kappa shape index (κ1) is 30.7. The summed E-state index contributed by atoms with van der Waals surface area (Å²) < 4.78 is 1.62. The summed E-state index contributed by atoms with van der Waals surface area (Å²) in [4.78, 5) is 39.5. The minimum Gasteiger partial charge on any atom is -0.398 e. The Balaban J connectivity index is 1.34. The molecular formula is C34H41N7O3. The number of aromatic nitrogens is 2. The molecule has 10 heteroatoms. The molecule has 1 aliphatic rings. The predicted molar refractivity (Wildman–Crippen MR) is 176 cm³/mol. The van der Waals surface area contributed by atoms with Gasteiger partial charge in [-0.15, -0.1) is 0 Å². The Kier molecular flexibility index (Phi) is 9.29. The molecule has 1 atom stereocenters. The molecule has 1 fully saturated rings. The number of amides is 2. The highest BCUT2D eigenvalue weighted by Gasteiger charge is 2.29. The van der Waals surface area contributed by atoms with E-state index in [0.29, 0.717) is 41.2 Å². The van der Waals surface area contributed by atoms with E-state index in [1.807, 2.05) is 56.3 Å². The Morgan fingerprint density at radius 3 is 2.36 bits per heavy atom. The summed E-state index contributed by atoms with van der Waals surface area (Å²) in [7, 11) is 0. The van der Waals surface area contributed by atoms with Crippen molar-refractivity contribution in [3.8, 4) is 11.1 Å². The molecule has 1 aliphatic carbocycles. The second-order valence-corrected chi connectivity index (χ2v) is 12.0.